The van der Waals surface area contributed by atoms with E-state index in [1.165, 1.54) is 45.6 Å². The molecule has 0 aliphatic carbocycles. The van der Waals surface area contributed by atoms with Crippen molar-refractivity contribution < 1.29 is 27.4 Å². The highest BCUT2D eigenvalue weighted by Crippen LogP contribution is 2.37. The fraction of sp³-hybridized carbons (Fsp3) is 0.269. The van der Waals surface area contributed by atoms with Crippen LogP contribution < -0.4 is 23.8 Å². The van der Waals surface area contributed by atoms with Crippen molar-refractivity contribution in [2.75, 3.05) is 32.2 Å². The Morgan fingerprint density at radius 3 is 2.14 bits per heavy atom. The molecule has 3 aromatic rings. The number of amides is 1. The van der Waals surface area contributed by atoms with E-state index in [0.29, 0.717) is 5.75 Å². The third-order valence-corrected chi connectivity index (χ3v) is 7.59. The van der Waals surface area contributed by atoms with Gasteiger partial charge in [0.05, 0.1) is 38.0 Å². The van der Waals surface area contributed by atoms with Gasteiger partial charge in [-0.2, -0.15) is 0 Å². The van der Waals surface area contributed by atoms with Crippen LogP contribution in [-0.2, 0) is 14.8 Å². The van der Waals surface area contributed by atoms with Gasteiger partial charge in [-0.15, -0.1) is 0 Å². The number of ether oxygens (including phenoxy) is 3. The molecule has 192 valence electrons. The van der Waals surface area contributed by atoms with Crippen molar-refractivity contribution in [3.8, 4) is 17.2 Å². The van der Waals surface area contributed by atoms with E-state index in [1.54, 1.807) is 12.1 Å². The van der Waals surface area contributed by atoms with E-state index in [1.807, 2.05) is 38.1 Å². The first kappa shape index (κ1) is 27.2. The van der Waals surface area contributed by atoms with Crippen LogP contribution in [0, 0.1) is 6.92 Å². The average Bonchev–Trinajstić information content (AvgIpc) is 2.87. The van der Waals surface area contributed by atoms with Gasteiger partial charge >= 0.3 is 0 Å². The zero-order valence-electron chi connectivity index (χ0n) is 20.7. The molecular weight excluding hydrogens is 504 g/mol. The molecule has 0 fully saturated rings. The number of carbonyl (C=O) groups excluding carboxylic acids is 1. The predicted molar refractivity (Wildman–Crippen MR) is 140 cm³/mol. The van der Waals surface area contributed by atoms with Crippen LogP contribution in [-0.4, -0.2) is 42.2 Å². The highest BCUT2D eigenvalue weighted by Gasteiger charge is 2.31. The summed E-state index contributed by atoms with van der Waals surface area (Å²) in [7, 11) is 0.00809. The van der Waals surface area contributed by atoms with Crippen LogP contribution in [0.2, 0.25) is 5.02 Å². The topological polar surface area (TPSA) is 94.2 Å². The third kappa shape index (κ3) is 6.03. The van der Waals surface area contributed by atoms with Gasteiger partial charge in [0, 0.05) is 11.1 Å². The first-order chi connectivity index (χ1) is 17.1. The van der Waals surface area contributed by atoms with Gasteiger partial charge < -0.3 is 19.5 Å². The van der Waals surface area contributed by atoms with Crippen molar-refractivity contribution in [3.05, 3.63) is 76.8 Å². The minimum Gasteiger partial charge on any atom is -0.495 e. The Labute approximate surface area is 216 Å². The fourth-order valence-electron chi connectivity index (χ4n) is 3.62. The maximum atomic E-state index is 13.9. The number of sulfonamides is 1. The molecule has 0 saturated heterocycles. The lowest BCUT2D eigenvalue weighted by Crippen LogP contribution is -2.41. The van der Waals surface area contributed by atoms with Crippen molar-refractivity contribution in [2.45, 2.75) is 24.8 Å². The second kappa shape index (κ2) is 11.5. The zero-order valence-corrected chi connectivity index (χ0v) is 22.3. The maximum Gasteiger partial charge on any atom is 0.265 e. The second-order valence-corrected chi connectivity index (χ2v) is 10.3. The van der Waals surface area contributed by atoms with E-state index in [-0.39, 0.29) is 33.1 Å². The van der Waals surface area contributed by atoms with Crippen LogP contribution in [0.15, 0.2) is 65.6 Å². The molecule has 3 rings (SSSR count). The summed E-state index contributed by atoms with van der Waals surface area (Å²) in [4.78, 5) is 13.0. The van der Waals surface area contributed by atoms with Crippen molar-refractivity contribution in [3.63, 3.8) is 0 Å². The van der Waals surface area contributed by atoms with Crippen molar-refractivity contribution >= 4 is 33.2 Å². The Kier molecular flexibility index (Phi) is 8.70. The van der Waals surface area contributed by atoms with Gasteiger partial charge in [-0.1, -0.05) is 41.4 Å². The molecule has 0 bridgehead atoms. The Morgan fingerprint density at radius 1 is 0.917 bits per heavy atom. The normalized spacial score (nSPS) is 11.9. The second-order valence-electron chi connectivity index (χ2n) is 8.04. The maximum absolute atomic E-state index is 13.9. The molecule has 3 aromatic carbocycles. The molecule has 1 amide bonds. The largest absolute Gasteiger partial charge is 0.495 e. The van der Waals surface area contributed by atoms with Crippen LogP contribution in [0.25, 0.3) is 0 Å². The van der Waals surface area contributed by atoms with Crippen molar-refractivity contribution in [1.82, 2.24) is 5.32 Å². The number of nitrogens with one attached hydrogen (secondary N) is 1. The lowest BCUT2D eigenvalue weighted by atomic mass is 10.1. The number of benzene rings is 3. The number of carbonyl (C=O) groups is 1. The smallest absolute Gasteiger partial charge is 0.265 e. The first-order valence-corrected chi connectivity index (χ1v) is 12.9. The minimum atomic E-state index is -4.26. The number of hydrogen-bond acceptors (Lipinski definition) is 6. The van der Waals surface area contributed by atoms with Gasteiger partial charge in [0.15, 0.2) is 11.5 Å². The van der Waals surface area contributed by atoms with Crippen LogP contribution in [0.3, 0.4) is 0 Å². The Morgan fingerprint density at radius 2 is 1.53 bits per heavy atom. The summed E-state index contributed by atoms with van der Waals surface area (Å²) in [5.74, 6) is 0.332. The van der Waals surface area contributed by atoms with Gasteiger partial charge in [0.2, 0.25) is 5.91 Å². The van der Waals surface area contributed by atoms with Crippen LogP contribution in [0.4, 0.5) is 5.69 Å². The molecule has 10 heteroatoms. The molecule has 0 heterocycles. The third-order valence-electron chi connectivity index (χ3n) is 5.59. The summed E-state index contributed by atoms with van der Waals surface area (Å²) in [6.07, 6.45) is 0. The lowest BCUT2D eigenvalue weighted by Gasteiger charge is -2.27. The van der Waals surface area contributed by atoms with E-state index in [2.05, 4.69) is 5.32 Å². The van der Waals surface area contributed by atoms with Crippen molar-refractivity contribution in [1.29, 1.82) is 0 Å². The summed E-state index contributed by atoms with van der Waals surface area (Å²) in [5, 5.41) is 3.15. The van der Waals surface area contributed by atoms with Crippen LogP contribution >= 0.6 is 11.6 Å². The Hall–Kier alpha value is -3.43. The molecule has 0 aliphatic heterocycles. The number of halogens is 1. The number of aryl methyl sites for hydroxylation is 1. The van der Waals surface area contributed by atoms with Crippen molar-refractivity contribution in [2.24, 2.45) is 0 Å². The molecule has 0 saturated carbocycles. The summed E-state index contributed by atoms with van der Waals surface area (Å²) in [5.41, 5.74) is 2.11. The molecule has 0 aliphatic rings. The molecule has 8 nitrogen and oxygen atoms in total. The summed E-state index contributed by atoms with van der Waals surface area (Å²) in [6.45, 7) is 3.29. The van der Waals surface area contributed by atoms with E-state index >= 15 is 0 Å². The SMILES string of the molecule is COc1ccc(S(=O)(=O)N(CC(=O)N[C@H](C)c2ccc(C)cc2)c2cc(Cl)ccc2OC)cc1OC. The highest BCUT2D eigenvalue weighted by atomic mass is 35.5. The number of hydrogen-bond donors (Lipinski definition) is 1. The number of rotatable bonds is 10. The van der Waals surface area contributed by atoms with E-state index in [4.69, 9.17) is 25.8 Å². The van der Waals surface area contributed by atoms with Gasteiger partial charge in [-0.05, 0) is 49.7 Å². The molecule has 0 spiro atoms. The zero-order chi connectivity index (χ0) is 26.5. The summed E-state index contributed by atoms with van der Waals surface area (Å²) < 4.78 is 44.6. The molecular formula is C26H29ClN2O6S. The van der Waals surface area contributed by atoms with Gasteiger partial charge in [0.1, 0.15) is 12.3 Å². The minimum absolute atomic E-state index is 0.0958. The lowest BCUT2D eigenvalue weighted by molar-refractivity contribution is -0.120. The first-order valence-electron chi connectivity index (χ1n) is 11.0. The Balaban J connectivity index is 2.02. The number of methoxy groups -OCH3 is 3. The van der Waals surface area contributed by atoms with E-state index in [9.17, 15) is 13.2 Å². The number of nitrogens with zero attached hydrogens (tertiary/aromatic N) is 1. The molecule has 1 N–H and O–H groups in total. The molecule has 0 radical (unpaired) electrons. The number of anilines is 1. The van der Waals surface area contributed by atoms with E-state index in [0.717, 1.165) is 15.4 Å². The standard InChI is InChI=1S/C26H29ClN2O6S/c1-17-6-8-19(9-7-17)18(2)28-26(30)16-29(22-14-20(27)10-12-23(22)33-3)36(31,32)21-11-13-24(34-4)25(15-21)35-5/h6-15,18H,16H2,1-5H3,(H,28,30)/t18-/m1/s1. The summed E-state index contributed by atoms with van der Waals surface area (Å²) in [6, 6.07) is 16.1. The average molecular weight is 533 g/mol. The predicted octanol–water partition coefficient (Wildman–Crippen LogP) is 4.75. The van der Waals surface area contributed by atoms with E-state index < -0.39 is 22.5 Å². The monoisotopic (exact) mass is 532 g/mol. The quantitative estimate of drug-likeness (QED) is 0.405. The molecule has 0 aromatic heterocycles. The molecule has 1 atom stereocenters. The molecule has 0 unspecified atom stereocenters. The van der Waals surface area contributed by atoms with Gasteiger partial charge in [-0.3, -0.25) is 9.10 Å². The Bertz CT molecular complexity index is 1330. The fourth-order valence-corrected chi connectivity index (χ4v) is 5.22. The van der Waals surface area contributed by atoms with Gasteiger partial charge in [0.25, 0.3) is 10.0 Å². The van der Waals surface area contributed by atoms with Crippen LogP contribution in [0.5, 0.6) is 17.2 Å². The highest BCUT2D eigenvalue weighted by molar-refractivity contribution is 7.92. The van der Waals surface area contributed by atoms with Crippen LogP contribution in [0.1, 0.15) is 24.1 Å². The molecule has 36 heavy (non-hydrogen) atoms. The van der Waals surface area contributed by atoms with Gasteiger partial charge in [-0.25, -0.2) is 8.42 Å². The summed E-state index contributed by atoms with van der Waals surface area (Å²) >= 11 is 6.20.